The van der Waals surface area contributed by atoms with Gasteiger partial charge in [0.05, 0.1) is 0 Å². The molecule has 1 heteroatoms. The number of benzene rings is 2. The third kappa shape index (κ3) is 3.38. The number of hydrogen-bond acceptors (Lipinski definition) is 0. The van der Waals surface area contributed by atoms with Gasteiger partial charge in [0, 0.05) is 5.16 Å². The molecule has 0 N–H and O–H groups in total. The van der Waals surface area contributed by atoms with Gasteiger partial charge in [0.2, 0.25) is 0 Å². The molecule has 21 heavy (non-hydrogen) atoms. The number of rotatable bonds is 3. The van der Waals surface area contributed by atoms with Gasteiger partial charge in [-0.1, -0.05) is 81.4 Å². The van der Waals surface area contributed by atoms with Crippen molar-refractivity contribution in [2.45, 2.75) is 51.1 Å². The Balaban J connectivity index is 1.96. The Kier molecular flexibility index (Phi) is 4.45. The molecule has 0 saturated heterocycles. The van der Waals surface area contributed by atoms with Crippen molar-refractivity contribution in [1.82, 2.24) is 0 Å². The molecule has 2 aromatic rings. The third-order valence-corrected chi connectivity index (χ3v) is 6.43. The molecule has 0 nitrogen and oxygen atoms in total. The van der Waals surface area contributed by atoms with Gasteiger partial charge >= 0.3 is 0 Å². The zero-order chi connectivity index (χ0) is 14.7. The van der Waals surface area contributed by atoms with Crippen LogP contribution in [0.3, 0.4) is 0 Å². The van der Waals surface area contributed by atoms with E-state index in [1.807, 2.05) is 0 Å². The van der Waals surface area contributed by atoms with Crippen molar-refractivity contribution in [2.75, 3.05) is 0 Å². The lowest BCUT2D eigenvalue weighted by Gasteiger charge is -2.38. The monoisotopic (exact) mass is 295 g/mol. The van der Waals surface area contributed by atoms with Crippen LogP contribution in [0.1, 0.15) is 48.8 Å². The zero-order valence-electron chi connectivity index (χ0n) is 13.1. The van der Waals surface area contributed by atoms with Gasteiger partial charge in [-0.15, -0.1) is 0 Å². The van der Waals surface area contributed by atoms with Crippen molar-refractivity contribution >= 4 is 13.9 Å². The fourth-order valence-corrected chi connectivity index (χ4v) is 5.74. The molecule has 0 spiro atoms. The highest BCUT2D eigenvalue weighted by Gasteiger charge is 2.33. The SMILES string of the molecule is Cc1cc(C)cc(PC2(c3cc[c]cc3)CCCCC2)c1. The average molecular weight is 295 g/mol. The summed E-state index contributed by atoms with van der Waals surface area (Å²) in [5, 5.41) is 1.90. The summed E-state index contributed by atoms with van der Waals surface area (Å²) in [5.74, 6) is 0. The second kappa shape index (κ2) is 6.32. The molecule has 1 saturated carbocycles. The molecule has 0 aromatic heterocycles. The molecule has 0 amide bonds. The van der Waals surface area contributed by atoms with Gasteiger partial charge in [0.25, 0.3) is 0 Å². The van der Waals surface area contributed by atoms with E-state index in [0.717, 1.165) is 8.58 Å². The Morgan fingerprint density at radius 3 is 2.14 bits per heavy atom. The quantitative estimate of drug-likeness (QED) is 0.677. The molecular formula is C20H24P. The molecule has 1 atom stereocenters. The van der Waals surface area contributed by atoms with Crippen molar-refractivity contribution < 1.29 is 0 Å². The van der Waals surface area contributed by atoms with Gasteiger partial charge in [0.15, 0.2) is 0 Å². The second-order valence-corrected chi connectivity index (χ2v) is 8.22. The standard InChI is InChI=1S/C20H24P/c1-16-13-17(2)15-19(14-16)21-20(11-7-4-8-12-20)18-9-5-3-6-10-18/h5-6,9-10,13-15,21H,4,7-8,11-12H2,1-2H3. The molecule has 3 rings (SSSR count). The van der Waals surface area contributed by atoms with Crippen molar-refractivity contribution in [3.63, 3.8) is 0 Å². The molecular weight excluding hydrogens is 271 g/mol. The van der Waals surface area contributed by atoms with Crippen molar-refractivity contribution in [2.24, 2.45) is 0 Å². The van der Waals surface area contributed by atoms with Gasteiger partial charge in [-0.25, -0.2) is 0 Å². The van der Waals surface area contributed by atoms with Gasteiger partial charge in [0.1, 0.15) is 0 Å². The van der Waals surface area contributed by atoms with Crippen LogP contribution in [0.2, 0.25) is 0 Å². The van der Waals surface area contributed by atoms with Crippen LogP contribution in [-0.2, 0) is 5.16 Å². The predicted molar refractivity (Wildman–Crippen MR) is 93.9 cm³/mol. The van der Waals surface area contributed by atoms with Gasteiger partial charge in [-0.3, -0.25) is 0 Å². The second-order valence-electron chi connectivity index (χ2n) is 6.43. The molecule has 1 unspecified atom stereocenters. The average Bonchev–Trinajstić information content (AvgIpc) is 2.48. The Bertz CT molecular complexity index is 574. The Morgan fingerprint density at radius 2 is 1.52 bits per heavy atom. The first kappa shape index (κ1) is 14.8. The minimum atomic E-state index is 0.369. The molecule has 1 aliphatic carbocycles. The van der Waals surface area contributed by atoms with Crippen LogP contribution in [0, 0.1) is 19.9 Å². The summed E-state index contributed by atoms with van der Waals surface area (Å²) >= 11 is 0. The third-order valence-electron chi connectivity index (χ3n) is 4.58. The summed E-state index contributed by atoms with van der Waals surface area (Å²) in [6.07, 6.45) is 6.82. The van der Waals surface area contributed by atoms with Crippen molar-refractivity contribution in [1.29, 1.82) is 0 Å². The largest absolute Gasteiger partial charge is 0.0795 e. The van der Waals surface area contributed by atoms with Crippen LogP contribution < -0.4 is 5.30 Å². The first-order chi connectivity index (χ1) is 10.2. The Morgan fingerprint density at radius 1 is 0.905 bits per heavy atom. The van der Waals surface area contributed by atoms with Crippen LogP contribution in [0.4, 0.5) is 0 Å². The first-order valence-corrected chi connectivity index (χ1v) is 9.01. The number of aryl methyl sites for hydroxylation is 2. The van der Waals surface area contributed by atoms with Crippen LogP contribution in [-0.4, -0.2) is 0 Å². The normalized spacial score (nSPS) is 18.2. The predicted octanol–water partition coefficient (Wildman–Crippen LogP) is 5.27. The Hall–Kier alpha value is -1.13. The Labute approximate surface area is 130 Å². The van der Waals surface area contributed by atoms with Gasteiger partial charge in [-0.2, -0.15) is 0 Å². The van der Waals surface area contributed by atoms with Crippen molar-refractivity contribution in [3.05, 3.63) is 65.2 Å². The number of hydrogen-bond donors (Lipinski definition) is 0. The summed E-state index contributed by atoms with van der Waals surface area (Å²) in [5.41, 5.74) is 4.31. The van der Waals surface area contributed by atoms with Crippen molar-refractivity contribution in [3.8, 4) is 0 Å². The summed E-state index contributed by atoms with van der Waals surface area (Å²) in [6.45, 7) is 4.43. The fraction of sp³-hybridized carbons (Fsp3) is 0.400. The maximum absolute atomic E-state index is 3.17. The van der Waals surface area contributed by atoms with Crippen LogP contribution in [0.15, 0.2) is 42.5 Å². The van der Waals surface area contributed by atoms with Gasteiger partial charge in [-0.05, 0) is 43.6 Å². The lowest BCUT2D eigenvalue weighted by atomic mass is 9.83. The van der Waals surface area contributed by atoms with E-state index in [1.165, 1.54) is 54.1 Å². The smallest absolute Gasteiger partial charge is 0.0167 e. The van der Waals surface area contributed by atoms with Crippen LogP contribution in [0.25, 0.3) is 0 Å². The molecule has 0 bridgehead atoms. The van der Waals surface area contributed by atoms with E-state index in [4.69, 9.17) is 0 Å². The summed E-state index contributed by atoms with van der Waals surface area (Å²) in [7, 11) is 0.880. The highest BCUT2D eigenvalue weighted by atomic mass is 31.1. The van der Waals surface area contributed by atoms with E-state index < -0.39 is 0 Å². The minimum Gasteiger partial charge on any atom is -0.0795 e. The van der Waals surface area contributed by atoms with Crippen LogP contribution in [0.5, 0.6) is 0 Å². The highest BCUT2D eigenvalue weighted by Crippen LogP contribution is 2.51. The van der Waals surface area contributed by atoms with E-state index in [0.29, 0.717) is 5.16 Å². The van der Waals surface area contributed by atoms with Crippen LogP contribution >= 0.6 is 8.58 Å². The van der Waals surface area contributed by atoms with E-state index >= 15 is 0 Å². The summed E-state index contributed by atoms with van der Waals surface area (Å²) in [4.78, 5) is 0. The van der Waals surface area contributed by atoms with E-state index in [1.54, 1.807) is 0 Å². The summed E-state index contributed by atoms with van der Waals surface area (Å²) in [6, 6.07) is 19.0. The minimum absolute atomic E-state index is 0.369. The first-order valence-electron chi connectivity index (χ1n) is 8.01. The lowest BCUT2D eigenvalue weighted by molar-refractivity contribution is 0.404. The highest BCUT2D eigenvalue weighted by molar-refractivity contribution is 7.48. The van der Waals surface area contributed by atoms with E-state index in [9.17, 15) is 0 Å². The van der Waals surface area contributed by atoms with E-state index in [2.05, 4.69) is 62.4 Å². The lowest BCUT2D eigenvalue weighted by Crippen LogP contribution is -2.26. The molecule has 0 aliphatic heterocycles. The molecule has 1 radical (unpaired) electrons. The topological polar surface area (TPSA) is 0 Å². The maximum atomic E-state index is 3.17. The maximum Gasteiger partial charge on any atom is 0.0167 e. The molecule has 2 aromatic carbocycles. The molecule has 109 valence electrons. The molecule has 0 heterocycles. The summed E-state index contributed by atoms with van der Waals surface area (Å²) < 4.78 is 0. The molecule has 1 fully saturated rings. The molecule has 1 aliphatic rings. The fourth-order valence-electron chi connectivity index (χ4n) is 3.67. The zero-order valence-corrected chi connectivity index (χ0v) is 14.1. The van der Waals surface area contributed by atoms with E-state index in [-0.39, 0.29) is 0 Å². The van der Waals surface area contributed by atoms with Gasteiger partial charge < -0.3 is 0 Å².